The maximum absolute atomic E-state index is 11.5. The highest BCUT2D eigenvalue weighted by molar-refractivity contribution is 5.70. The van der Waals surface area contributed by atoms with E-state index in [4.69, 9.17) is 4.74 Å². The molecule has 0 saturated carbocycles. The molecule has 0 amide bonds. The van der Waals surface area contributed by atoms with Gasteiger partial charge in [0.2, 0.25) is 0 Å². The molecule has 3 nitrogen and oxygen atoms in total. The average Bonchev–Trinajstić information content (AvgIpc) is 2.49. The Morgan fingerprint density at radius 3 is 2.38 bits per heavy atom. The first kappa shape index (κ1) is 17.7. The van der Waals surface area contributed by atoms with Crippen LogP contribution in [0.25, 0.3) is 0 Å². The first-order valence-corrected chi connectivity index (χ1v) is 8.07. The molecule has 0 aliphatic rings. The second kappa shape index (κ2) is 10.4. The van der Waals surface area contributed by atoms with Gasteiger partial charge in [0.25, 0.3) is 0 Å². The highest BCUT2D eigenvalue weighted by Crippen LogP contribution is 2.11. The number of aryl methyl sites for hydroxylation is 1. The van der Waals surface area contributed by atoms with Crippen LogP contribution >= 0.6 is 0 Å². The van der Waals surface area contributed by atoms with Crippen molar-refractivity contribution in [2.45, 2.75) is 58.4 Å². The lowest BCUT2D eigenvalue weighted by Crippen LogP contribution is -2.34. The van der Waals surface area contributed by atoms with Crippen LogP contribution in [0, 0.1) is 0 Å². The number of carbonyl (C=O) groups is 1. The van der Waals surface area contributed by atoms with Crippen LogP contribution in [0.15, 0.2) is 24.3 Å². The van der Waals surface area contributed by atoms with Crippen molar-refractivity contribution in [1.82, 2.24) is 5.32 Å². The molecule has 1 unspecified atom stereocenters. The van der Waals surface area contributed by atoms with Gasteiger partial charge in [-0.05, 0) is 36.9 Å². The number of carbonyl (C=O) groups excluding carboxylic acids is 1. The van der Waals surface area contributed by atoms with Gasteiger partial charge in [-0.25, -0.2) is 0 Å². The van der Waals surface area contributed by atoms with E-state index in [0.29, 0.717) is 6.42 Å². The Morgan fingerprint density at radius 2 is 1.81 bits per heavy atom. The second-order valence-corrected chi connectivity index (χ2v) is 5.56. The van der Waals surface area contributed by atoms with Crippen molar-refractivity contribution in [3.63, 3.8) is 0 Å². The fraction of sp³-hybridized carbons (Fsp3) is 0.611. The molecule has 0 aliphatic carbocycles. The fourth-order valence-corrected chi connectivity index (χ4v) is 2.40. The first-order chi connectivity index (χ1) is 10.2. The maximum atomic E-state index is 11.5. The highest BCUT2D eigenvalue weighted by Gasteiger charge is 2.14. The van der Waals surface area contributed by atoms with Gasteiger partial charge in [0.15, 0.2) is 0 Å². The Kier molecular flexibility index (Phi) is 8.76. The molecule has 118 valence electrons. The molecule has 0 saturated heterocycles. The number of ether oxygens (including phenoxy) is 1. The smallest absolute Gasteiger partial charge is 0.307 e. The summed E-state index contributed by atoms with van der Waals surface area (Å²) in [7, 11) is 1.45. The summed E-state index contributed by atoms with van der Waals surface area (Å²) in [6.45, 7) is 5.31. The minimum absolute atomic E-state index is 0.147. The van der Waals surface area contributed by atoms with Crippen molar-refractivity contribution in [3.05, 3.63) is 35.4 Å². The van der Waals surface area contributed by atoms with Crippen molar-refractivity contribution in [1.29, 1.82) is 0 Å². The number of hydrogen-bond donors (Lipinski definition) is 1. The molecule has 3 heteroatoms. The van der Waals surface area contributed by atoms with Gasteiger partial charge in [-0.15, -0.1) is 0 Å². The van der Waals surface area contributed by atoms with E-state index in [1.165, 1.54) is 24.7 Å². The van der Waals surface area contributed by atoms with E-state index in [1.807, 2.05) is 0 Å². The normalized spacial score (nSPS) is 12.1. The molecule has 0 fully saturated rings. The van der Waals surface area contributed by atoms with Gasteiger partial charge in [0.1, 0.15) is 0 Å². The number of unbranched alkanes of at least 4 members (excludes halogenated alkanes) is 1. The zero-order valence-corrected chi connectivity index (χ0v) is 13.7. The monoisotopic (exact) mass is 291 g/mol. The molecule has 1 aromatic rings. The largest absolute Gasteiger partial charge is 0.469 e. The summed E-state index contributed by atoms with van der Waals surface area (Å²) in [5, 5.41) is 3.47. The molecule has 0 aromatic heterocycles. The van der Waals surface area contributed by atoms with Crippen LogP contribution in [0.4, 0.5) is 0 Å². The molecule has 0 aliphatic heterocycles. The number of benzene rings is 1. The molecule has 0 bridgehead atoms. The highest BCUT2D eigenvalue weighted by atomic mass is 16.5. The lowest BCUT2D eigenvalue weighted by molar-refractivity contribution is -0.141. The maximum Gasteiger partial charge on any atom is 0.307 e. The van der Waals surface area contributed by atoms with Crippen LogP contribution in [0.3, 0.4) is 0 Å². The molecule has 0 radical (unpaired) electrons. The fourth-order valence-electron chi connectivity index (χ4n) is 2.40. The summed E-state index contributed by atoms with van der Waals surface area (Å²) in [6.07, 6.45) is 5.88. The number of methoxy groups -OCH3 is 1. The third kappa shape index (κ3) is 7.28. The molecule has 1 aromatic carbocycles. The summed E-state index contributed by atoms with van der Waals surface area (Å²) in [5.41, 5.74) is 2.65. The third-order valence-electron chi connectivity index (χ3n) is 3.65. The predicted octanol–water partition coefficient (Wildman–Crippen LogP) is 3.50. The molecular formula is C18H29NO2. The minimum atomic E-state index is -0.147. The Morgan fingerprint density at radius 1 is 1.14 bits per heavy atom. The molecular weight excluding hydrogens is 262 g/mol. The summed E-state index contributed by atoms with van der Waals surface area (Å²) in [6, 6.07) is 8.90. The zero-order valence-electron chi connectivity index (χ0n) is 13.7. The van der Waals surface area contributed by atoms with Crippen LogP contribution in [0.2, 0.25) is 0 Å². The van der Waals surface area contributed by atoms with Crippen molar-refractivity contribution < 1.29 is 9.53 Å². The predicted molar refractivity (Wildman–Crippen MR) is 87.5 cm³/mol. The Bertz CT molecular complexity index is 400. The second-order valence-electron chi connectivity index (χ2n) is 5.56. The lowest BCUT2D eigenvalue weighted by atomic mass is 10.0. The Labute approximate surface area is 129 Å². The quantitative estimate of drug-likeness (QED) is 0.529. The van der Waals surface area contributed by atoms with Gasteiger partial charge in [0, 0.05) is 6.04 Å². The lowest BCUT2D eigenvalue weighted by Gasteiger charge is -2.18. The van der Waals surface area contributed by atoms with Gasteiger partial charge < -0.3 is 10.1 Å². The third-order valence-corrected chi connectivity index (χ3v) is 3.65. The van der Waals surface area contributed by atoms with Crippen molar-refractivity contribution >= 4 is 5.97 Å². The summed E-state index contributed by atoms with van der Waals surface area (Å²) < 4.78 is 4.80. The zero-order chi connectivity index (χ0) is 15.5. The van der Waals surface area contributed by atoms with Gasteiger partial charge in [-0.2, -0.15) is 0 Å². The standard InChI is InChI=1S/C18H29NO2/c1-4-6-12-19-17(14-18(20)21-3)13-16-10-8-15(7-5-2)9-11-16/h8-11,17,19H,4-7,12-14H2,1-3H3. The molecule has 1 N–H and O–H groups in total. The molecule has 1 rings (SSSR count). The number of hydrogen-bond acceptors (Lipinski definition) is 3. The molecule has 21 heavy (non-hydrogen) atoms. The van der Waals surface area contributed by atoms with Crippen LogP contribution < -0.4 is 5.32 Å². The van der Waals surface area contributed by atoms with Crippen molar-refractivity contribution in [3.8, 4) is 0 Å². The summed E-state index contributed by atoms with van der Waals surface area (Å²) in [4.78, 5) is 11.5. The number of rotatable bonds is 10. The van der Waals surface area contributed by atoms with E-state index in [1.54, 1.807) is 0 Å². The topological polar surface area (TPSA) is 38.3 Å². The van der Waals surface area contributed by atoms with Crippen molar-refractivity contribution in [2.75, 3.05) is 13.7 Å². The SMILES string of the molecule is CCCCNC(CC(=O)OC)Cc1ccc(CCC)cc1. The van der Waals surface area contributed by atoms with E-state index < -0.39 is 0 Å². The number of nitrogens with one attached hydrogen (secondary N) is 1. The molecule has 0 heterocycles. The van der Waals surface area contributed by atoms with E-state index >= 15 is 0 Å². The van der Waals surface area contributed by atoms with E-state index in [2.05, 4.69) is 43.4 Å². The molecule has 1 atom stereocenters. The van der Waals surface area contributed by atoms with E-state index in [9.17, 15) is 4.79 Å². The van der Waals surface area contributed by atoms with Crippen LogP contribution in [-0.4, -0.2) is 25.7 Å². The van der Waals surface area contributed by atoms with E-state index in [0.717, 1.165) is 32.2 Å². The van der Waals surface area contributed by atoms with Crippen LogP contribution in [0.1, 0.15) is 50.7 Å². The summed E-state index contributed by atoms with van der Waals surface area (Å²) >= 11 is 0. The molecule has 0 spiro atoms. The van der Waals surface area contributed by atoms with Gasteiger partial charge in [-0.3, -0.25) is 4.79 Å². The average molecular weight is 291 g/mol. The number of esters is 1. The van der Waals surface area contributed by atoms with Gasteiger partial charge >= 0.3 is 5.97 Å². The van der Waals surface area contributed by atoms with Gasteiger partial charge in [-0.1, -0.05) is 51.0 Å². The summed E-state index contributed by atoms with van der Waals surface area (Å²) in [5.74, 6) is -0.147. The minimum Gasteiger partial charge on any atom is -0.469 e. The van der Waals surface area contributed by atoms with Crippen LogP contribution in [0.5, 0.6) is 0 Å². The Balaban J connectivity index is 2.58. The van der Waals surface area contributed by atoms with E-state index in [-0.39, 0.29) is 12.0 Å². The van der Waals surface area contributed by atoms with Crippen LogP contribution in [-0.2, 0) is 22.4 Å². The Hall–Kier alpha value is -1.35. The van der Waals surface area contributed by atoms with Gasteiger partial charge in [0.05, 0.1) is 13.5 Å². The first-order valence-electron chi connectivity index (χ1n) is 8.07. The van der Waals surface area contributed by atoms with Crippen molar-refractivity contribution in [2.24, 2.45) is 0 Å².